The highest BCUT2D eigenvalue weighted by molar-refractivity contribution is 5.15. The molecule has 0 aromatic carbocycles. The van der Waals surface area contributed by atoms with Gasteiger partial charge in [-0.15, -0.1) is 0 Å². The van der Waals surface area contributed by atoms with Crippen molar-refractivity contribution in [3.05, 3.63) is 0 Å². The van der Waals surface area contributed by atoms with Crippen molar-refractivity contribution in [3.8, 4) is 0 Å². The zero-order chi connectivity index (χ0) is 12.4. The van der Waals surface area contributed by atoms with Crippen molar-refractivity contribution in [1.29, 1.82) is 0 Å². The molecule has 18 heavy (non-hydrogen) atoms. The van der Waals surface area contributed by atoms with Gasteiger partial charge < -0.3 is 5.73 Å². The van der Waals surface area contributed by atoms with Gasteiger partial charge in [0.25, 0.3) is 0 Å². The molecule has 5 aliphatic carbocycles. The maximum atomic E-state index is 6.80. The van der Waals surface area contributed by atoms with Crippen LogP contribution in [0.25, 0.3) is 0 Å². The van der Waals surface area contributed by atoms with Crippen molar-refractivity contribution in [2.45, 2.75) is 83.1 Å². The van der Waals surface area contributed by atoms with Gasteiger partial charge in [0.1, 0.15) is 0 Å². The lowest BCUT2D eigenvalue weighted by Crippen LogP contribution is -2.64. The summed E-state index contributed by atoms with van der Waals surface area (Å²) in [5, 5.41) is 0. The smallest absolute Gasteiger partial charge is 0.0167 e. The summed E-state index contributed by atoms with van der Waals surface area (Å²) in [6.07, 6.45) is 16.1. The van der Waals surface area contributed by atoms with Gasteiger partial charge in [-0.3, -0.25) is 0 Å². The van der Waals surface area contributed by atoms with E-state index in [9.17, 15) is 0 Å². The van der Waals surface area contributed by atoms with Crippen LogP contribution in [0, 0.1) is 22.7 Å². The Kier molecular flexibility index (Phi) is 2.31. The fraction of sp³-hybridized carbons (Fsp3) is 1.00. The zero-order valence-electron chi connectivity index (χ0n) is 12.0. The second-order valence-electron chi connectivity index (χ2n) is 8.88. The third-order valence-corrected chi connectivity index (χ3v) is 6.90. The van der Waals surface area contributed by atoms with E-state index >= 15 is 0 Å². The van der Waals surface area contributed by atoms with Crippen LogP contribution in [-0.2, 0) is 0 Å². The first-order valence-corrected chi connectivity index (χ1v) is 8.30. The lowest BCUT2D eigenvalue weighted by molar-refractivity contribution is -0.144. The minimum absolute atomic E-state index is 0.228. The molecule has 0 spiro atoms. The highest BCUT2D eigenvalue weighted by atomic mass is 14.8. The van der Waals surface area contributed by atoms with Gasteiger partial charge in [-0.25, -0.2) is 0 Å². The van der Waals surface area contributed by atoms with Crippen LogP contribution in [0.5, 0.6) is 0 Å². The van der Waals surface area contributed by atoms with E-state index in [4.69, 9.17) is 5.73 Å². The summed E-state index contributed by atoms with van der Waals surface area (Å²) >= 11 is 0. The SMILES string of the molecule is CC12CC3CC(N)(C1)CC(C1CCCCC1)(C3)C2. The van der Waals surface area contributed by atoms with E-state index in [-0.39, 0.29) is 5.54 Å². The van der Waals surface area contributed by atoms with Crippen LogP contribution >= 0.6 is 0 Å². The molecule has 0 aliphatic heterocycles. The fourth-order valence-electron chi connectivity index (χ4n) is 7.26. The van der Waals surface area contributed by atoms with Gasteiger partial charge >= 0.3 is 0 Å². The molecule has 102 valence electrons. The van der Waals surface area contributed by atoms with E-state index in [1.165, 1.54) is 70.6 Å². The lowest BCUT2D eigenvalue weighted by Gasteiger charge is -2.67. The molecule has 2 N–H and O–H groups in total. The summed E-state index contributed by atoms with van der Waals surface area (Å²) in [6, 6.07) is 0. The largest absolute Gasteiger partial charge is 0.325 e. The van der Waals surface area contributed by atoms with E-state index in [1.807, 2.05) is 0 Å². The summed E-state index contributed by atoms with van der Waals surface area (Å²) in [5.41, 5.74) is 8.30. The van der Waals surface area contributed by atoms with Crippen molar-refractivity contribution >= 4 is 0 Å². The molecule has 5 rings (SSSR count). The third kappa shape index (κ3) is 1.62. The van der Waals surface area contributed by atoms with Gasteiger partial charge in [0.15, 0.2) is 0 Å². The van der Waals surface area contributed by atoms with E-state index in [0.29, 0.717) is 10.8 Å². The number of hydrogen-bond donors (Lipinski definition) is 1. The molecule has 5 aliphatic rings. The molecule has 5 fully saturated rings. The molecule has 4 unspecified atom stereocenters. The minimum atomic E-state index is 0.228. The van der Waals surface area contributed by atoms with Crippen molar-refractivity contribution in [2.24, 2.45) is 28.4 Å². The molecule has 1 nitrogen and oxygen atoms in total. The summed E-state index contributed by atoms with van der Waals surface area (Å²) in [5.74, 6) is 2.00. The van der Waals surface area contributed by atoms with Crippen molar-refractivity contribution < 1.29 is 0 Å². The van der Waals surface area contributed by atoms with E-state index in [2.05, 4.69) is 6.92 Å². The third-order valence-electron chi connectivity index (χ3n) is 6.90. The van der Waals surface area contributed by atoms with E-state index < -0.39 is 0 Å². The highest BCUT2D eigenvalue weighted by Gasteiger charge is 2.62. The van der Waals surface area contributed by atoms with Gasteiger partial charge in [0.2, 0.25) is 0 Å². The second-order valence-corrected chi connectivity index (χ2v) is 8.88. The standard InChI is InChI=1S/C17H29N/c1-15-7-13-8-16(10-15,12-17(18,9-13)11-15)14-5-3-2-4-6-14/h13-14H,2-12,18H2,1H3. The molecular weight excluding hydrogens is 218 g/mol. The Bertz CT molecular complexity index is 337. The maximum absolute atomic E-state index is 6.80. The van der Waals surface area contributed by atoms with Crippen molar-refractivity contribution in [3.63, 3.8) is 0 Å². The molecule has 0 saturated heterocycles. The van der Waals surface area contributed by atoms with Crippen LogP contribution < -0.4 is 5.73 Å². The molecule has 1 heteroatoms. The average Bonchev–Trinajstić information content (AvgIpc) is 2.25. The Hall–Kier alpha value is -0.0400. The molecule has 0 amide bonds. The zero-order valence-corrected chi connectivity index (χ0v) is 12.0. The number of rotatable bonds is 1. The molecule has 0 radical (unpaired) electrons. The predicted molar refractivity (Wildman–Crippen MR) is 75.2 cm³/mol. The average molecular weight is 247 g/mol. The first-order chi connectivity index (χ1) is 8.51. The topological polar surface area (TPSA) is 26.0 Å². The quantitative estimate of drug-likeness (QED) is 0.736. The van der Waals surface area contributed by atoms with Crippen LogP contribution in [-0.4, -0.2) is 5.54 Å². The number of nitrogens with two attached hydrogens (primary N) is 1. The Morgan fingerprint density at radius 3 is 2.33 bits per heavy atom. The van der Waals surface area contributed by atoms with Gasteiger partial charge in [0.05, 0.1) is 0 Å². The molecule has 4 bridgehead atoms. The summed E-state index contributed by atoms with van der Waals surface area (Å²) in [7, 11) is 0. The summed E-state index contributed by atoms with van der Waals surface area (Å²) < 4.78 is 0. The first kappa shape index (κ1) is 11.8. The minimum Gasteiger partial charge on any atom is -0.325 e. The molecular formula is C17H29N. The Labute approximate surface area is 112 Å². The molecule has 0 aromatic rings. The van der Waals surface area contributed by atoms with Crippen LogP contribution in [0.3, 0.4) is 0 Å². The van der Waals surface area contributed by atoms with Crippen LogP contribution in [0.2, 0.25) is 0 Å². The summed E-state index contributed by atoms with van der Waals surface area (Å²) in [6.45, 7) is 2.55. The Morgan fingerprint density at radius 2 is 1.67 bits per heavy atom. The van der Waals surface area contributed by atoms with E-state index in [1.54, 1.807) is 0 Å². The molecule has 0 heterocycles. The first-order valence-electron chi connectivity index (χ1n) is 8.30. The maximum Gasteiger partial charge on any atom is 0.0167 e. The van der Waals surface area contributed by atoms with Gasteiger partial charge in [-0.2, -0.15) is 0 Å². The Morgan fingerprint density at radius 1 is 0.889 bits per heavy atom. The van der Waals surface area contributed by atoms with Crippen LogP contribution in [0.1, 0.15) is 77.6 Å². The van der Waals surface area contributed by atoms with Gasteiger partial charge in [-0.1, -0.05) is 26.2 Å². The normalized spacial score (nSPS) is 56.0. The summed E-state index contributed by atoms with van der Waals surface area (Å²) in [4.78, 5) is 0. The Balaban J connectivity index is 1.68. The second kappa shape index (κ2) is 3.53. The predicted octanol–water partition coefficient (Wildman–Crippen LogP) is 4.25. The van der Waals surface area contributed by atoms with Crippen molar-refractivity contribution in [2.75, 3.05) is 0 Å². The number of hydrogen-bond acceptors (Lipinski definition) is 1. The van der Waals surface area contributed by atoms with Crippen molar-refractivity contribution in [1.82, 2.24) is 0 Å². The fourth-order valence-corrected chi connectivity index (χ4v) is 7.26. The molecule has 5 saturated carbocycles. The highest BCUT2D eigenvalue weighted by Crippen LogP contribution is 2.69. The monoisotopic (exact) mass is 247 g/mol. The van der Waals surface area contributed by atoms with Crippen LogP contribution in [0.4, 0.5) is 0 Å². The van der Waals surface area contributed by atoms with Crippen LogP contribution in [0.15, 0.2) is 0 Å². The van der Waals surface area contributed by atoms with Gasteiger partial charge in [-0.05, 0) is 74.0 Å². The molecule has 0 aromatic heterocycles. The lowest BCUT2D eigenvalue weighted by atomic mass is 9.39. The van der Waals surface area contributed by atoms with Gasteiger partial charge in [0, 0.05) is 5.54 Å². The van der Waals surface area contributed by atoms with E-state index in [0.717, 1.165) is 11.8 Å². The molecule has 4 atom stereocenters.